The van der Waals surface area contributed by atoms with Crippen molar-refractivity contribution in [3.63, 3.8) is 0 Å². The van der Waals surface area contributed by atoms with E-state index in [0.29, 0.717) is 0 Å². The molecule has 0 spiro atoms. The van der Waals surface area contributed by atoms with Crippen molar-refractivity contribution in [3.8, 4) is 0 Å². The molecule has 0 bridgehead atoms. The lowest BCUT2D eigenvalue weighted by Gasteiger charge is -2.32. The van der Waals surface area contributed by atoms with Gasteiger partial charge in [-0.2, -0.15) is 0 Å². The number of hydrogen-bond acceptors (Lipinski definition) is 5. The number of rotatable bonds is 0. The number of likely N-dealkylation sites (N-methyl/N-ethyl adjacent to an activating group) is 1. The normalized spacial score (nSPS) is 26.6. The van der Waals surface area contributed by atoms with Crippen molar-refractivity contribution < 1.29 is 27.8 Å². The quantitative estimate of drug-likeness (QED) is 0.662. The van der Waals surface area contributed by atoms with Crippen LogP contribution in [0.2, 0.25) is 0 Å². The molecule has 2 fully saturated rings. The van der Waals surface area contributed by atoms with Gasteiger partial charge < -0.3 is 9.47 Å². The first-order valence-electron chi connectivity index (χ1n) is 8.23. The summed E-state index contributed by atoms with van der Waals surface area (Å²) in [5.41, 5.74) is -1.54. The zero-order valence-corrected chi connectivity index (χ0v) is 15.8. The summed E-state index contributed by atoms with van der Waals surface area (Å²) in [6, 6.07) is -2.16. The van der Waals surface area contributed by atoms with Crippen LogP contribution < -0.4 is 0 Å². The van der Waals surface area contributed by atoms with Gasteiger partial charge in [0, 0.05) is 7.05 Å². The number of hydrogen-bond donors (Lipinski definition) is 0. The Morgan fingerprint density at radius 1 is 1.00 bits per heavy atom. The number of carbonyl (C=O) groups excluding carboxylic acids is 2. The van der Waals surface area contributed by atoms with Gasteiger partial charge in [0.2, 0.25) is 0 Å². The average Bonchev–Trinajstić information content (AvgIpc) is 2.82. The van der Waals surface area contributed by atoms with Crippen molar-refractivity contribution in [2.24, 2.45) is 0 Å². The Morgan fingerprint density at radius 3 is 1.96 bits per heavy atom. The first kappa shape index (κ1) is 19.7. The van der Waals surface area contributed by atoms with Gasteiger partial charge in [0.05, 0.1) is 19.1 Å². The largest absolute Gasteiger partial charge is 0.444 e. The molecule has 0 N–H and O–H groups in total. The van der Waals surface area contributed by atoms with Gasteiger partial charge in [0.1, 0.15) is 17.2 Å². The van der Waals surface area contributed by atoms with E-state index >= 15 is 0 Å². The molecule has 25 heavy (non-hydrogen) atoms. The van der Waals surface area contributed by atoms with Crippen molar-refractivity contribution in [3.05, 3.63) is 0 Å². The second-order valence-corrected chi connectivity index (χ2v) is 8.52. The van der Waals surface area contributed by atoms with Crippen LogP contribution in [0.5, 0.6) is 0 Å². The molecule has 2 amide bonds. The number of fused-ring (bicyclic) bond motifs is 1. The van der Waals surface area contributed by atoms with Gasteiger partial charge in [-0.05, 0) is 41.5 Å². The fraction of sp³-hybridized carbons (Fsp3) is 0.875. The monoisotopic (exact) mass is 363 g/mol. The fourth-order valence-electron chi connectivity index (χ4n) is 3.11. The van der Waals surface area contributed by atoms with Crippen molar-refractivity contribution >= 4 is 12.2 Å². The van der Waals surface area contributed by atoms with Crippen molar-refractivity contribution in [2.45, 2.75) is 70.8 Å². The lowest BCUT2D eigenvalue weighted by molar-refractivity contribution is -0.0932. The van der Waals surface area contributed by atoms with E-state index in [0.717, 1.165) is 9.91 Å². The molecule has 0 aliphatic carbocycles. The maximum absolute atomic E-state index is 14.5. The Hall–Kier alpha value is -1.64. The summed E-state index contributed by atoms with van der Waals surface area (Å²) < 4.78 is 39.5. The first-order chi connectivity index (χ1) is 11.1. The first-order valence-corrected chi connectivity index (χ1v) is 8.23. The Kier molecular flexibility index (Phi) is 4.69. The maximum Gasteiger partial charge on any atom is 0.425 e. The summed E-state index contributed by atoms with van der Waals surface area (Å²) in [6.07, 6.45) is -1.52. The van der Waals surface area contributed by atoms with Gasteiger partial charge in [-0.25, -0.2) is 28.4 Å². The topological polar surface area (TPSA) is 62.3 Å². The van der Waals surface area contributed by atoms with Gasteiger partial charge in [0.25, 0.3) is 5.92 Å². The summed E-state index contributed by atoms with van der Waals surface area (Å²) in [5.74, 6) is -3.16. The molecule has 9 heteroatoms. The highest BCUT2D eigenvalue weighted by Gasteiger charge is 2.63. The van der Waals surface area contributed by atoms with Crippen molar-refractivity contribution in [2.75, 3.05) is 20.1 Å². The minimum Gasteiger partial charge on any atom is -0.444 e. The van der Waals surface area contributed by atoms with E-state index in [1.165, 1.54) is 12.1 Å². The van der Waals surface area contributed by atoms with E-state index in [-0.39, 0.29) is 6.54 Å². The molecule has 0 saturated carbocycles. The molecule has 7 nitrogen and oxygen atoms in total. The number of likely N-dealkylation sites (tertiary alicyclic amines) is 1. The molecule has 2 aliphatic heterocycles. The van der Waals surface area contributed by atoms with Gasteiger partial charge >= 0.3 is 12.2 Å². The van der Waals surface area contributed by atoms with Crippen LogP contribution in [0.1, 0.15) is 41.5 Å². The number of carbonyl (C=O) groups is 2. The second-order valence-electron chi connectivity index (χ2n) is 8.52. The minimum absolute atomic E-state index is 0.0646. The summed E-state index contributed by atoms with van der Waals surface area (Å²) in [4.78, 5) is 25.6. The number of alkyl halides is 2. The van der Waals surface area contributed by atoms with E-state index in [4.69, 9.17) is 9.47 Å². The molecule has 2 saturated heterocycles. The van der Waals surface area contributed by atoms with Crippen molar-refractivity contribution in [1.82, 2.24) is 14.9 Å². The van der Waals surface area contributed by atoms with Gasteiger partial charge in [-0.1, -0.05) is 0 Å². The molecule has 2 atom stereocenters. The summed E-state index contributed by atoms with van der Waals surface area (Å²) >= 11 is 0. The SMILES string of the molecule is CN1[C@H]2[C@@H](CN1C(=O)OC(C)(C)C)N(C(=O)OC(C)(C)C)CC2(F)F. The number of nitrogens with zero attached hydrogens (tertiary/aromatic N) is 3. The third-order valence-electron chi connectivity index (χ3n) is 3.95. The highest BCUT2D eigenvalue weighted by atomic mass is 19.3. The van der Waals surface area contributed by atoms with E-state index < -0.39 is 47.9 Å². The fourth-order valence-corrected chi connectivity index (χ4v) is 3.11. The third-order valence-corrected chi connectivity index (χ3v) is 3.95. The summed E-state index contributed by atoms with van der Waals surface area (Å²) in [6.45, 7) is 9.31. The minimum atomic E-state index is -3.16. The van der Waals surface area contributed by atoms with Crippen LogP contribution in [0.3, 0.4) is 0 Å². The molecule has 0 unspecified atom stereocenters. The van der Waals surface area contributed by atoms with Crippen LogP contribution in [0.4, 0.5) is 18.4 Å². The Morgan fingerprint density at radius 2 is 1.48 bits per heavy atom. The van der Waals surface area contributed by atoms with E-state index in [2.05, 4.69) is 0 Å². The lowest BCUT2D eigenvalue weighted by Crippen LogP contribution is -2.50. The second kappa shape index (κ2) is 5.96. The van der Waals surface area contributed by atoms with Crippen molar-refractivity contribution in [1.29, 1.82) is 0 Å². The third kappa shape index (κ3) is 4.13. The van der Waals surface area contributed by atoms with Crippen LogP contribution in [-0.4, -0.2) is 76.4 Å². The van der Waals surface area contributed by atoms with E-state index in [9.17, 15) is 18.4 Å². The molecule has 2 heterocycles. The predicted molar refractivity (Wildman–Crippen MR) is 86.2 cm³/mol. The van der Waals surface area contributed by atoms with Crippen LogP contribution in [-0.2, 0) is 9.47 Å². The van der Waals surface area contributed by atoms with Gasteiger partial charge in [-0.3, -0.25) is 4.90 Å². The van der Waals surface area contributed by atoms with Crippen LogP contribution in [0.15, 0.2) is 0 Å². The highest BCUT2D eigenvalue weighted by Crippen LogP contribution is 2.41. The summed E-state index contributed by atoms with van der Waals surface area (Å²) in [7, 11) is 1.40. The lowest BCUT2D eigenvalue weighted by atomic mass is 10.1. The van der Waals surface area contributed by atoms with Crippen LogP contribution >= 0.6 is 0 Å². The van der Waals surface area contributed by atoms with E-state index in [1.54, 1.807) is 41.5 Å². The standard InChI is InChI=1S/C16H27F2N3O4/c1-14(2,3)24-12(22)20-9-16(17,18)11-10(20)8-21(19(11)7)13(23)25-15(4,5)6/h10-11H,8-9H2,1-7H3/t10-,11+/m1/s1. The highest BCUT2D eigenvalue weighted by molar-refractivity contribution is 5.71. The Balaban J connectivity index is 2.21. The Labute approximate surface area is 146 Å². The number of halogens is 2. The molecule has 0 aromatic heterocycles. The molecular weight excluding hydrogens is 336 g/mol. The zero-order valence-electron chi connectivity index (χ0n) is 15.8. The molecule has 0 aromatic rings. The number of amides is 2. The molecular formula is C16H27F2N3O4. The summed E-state index contributed by atoms with van der Waals surface area (Å²) in [5, 5.41) is 2.29. The number of hydrazine groups is 1. The van der Waals surface area contributed by atoms with E-state index in [1.807, 2.05) is 0 Å². The molecule has 0 radical (unpaired) electrons. The smallest absolute Gasteiger partial charge is 0.425 e. The van der Waals surface area contributed by atoms with Crippen LogP contribution in [0.25, 0.3) is 0 Å². The zero-order chi connectivity index (χ0) is 19.4. The van der Waals surface area contributed by atoms with Gasteiger partial charge in [-0.15, -0.1) is 0 Å². The predicted octanol–water partition coefficient (Wildman–Crippen LogP) is 2.71. The Bertz CT molecular complexity index is 557. The molecule has 144 valence electrons. The number of ether oxygens (including phenoxy) is 2. The molecule has 2 aliphatic rings. The molecule has 2 rings (SSSR count). The average molecular weight is 363 g/mol. The molecule has 0 aromatic carbocycles. The van der Waals surface area contributed by atoms with Crippen LogP contribution in [0, 0.1) is 0 Å². The maximum atomic E-state index is 14.5. The van der Waals surface area contributed by atoms with Gasteiger partial charge in [0.15, 0.2) is 0 Å².